The fourth-order valence-corrected chi connectivity index (χ4v) is 1.39. The number of aromatic nitrogens is 1. The van der Waals surface area contributed by atoms with Crippen LogP contribution in [-0.2, 0) is 0 Å². The van der Waals surface area contributed by atoms with Gasteiger partial charge in [0.1, 0.15) is 0 Å². The second-order valence-corrected chi connectivity index (χ2v) is 4.01. The van der Waals surface area contributed by atoms with Crippen molar-refractivity contribution in [3.8, 4) is 0 Å². The maximum atomic E-state index is 11.9. The molecule has 1 amide bonds. The highest BCUT2D eigenvalue weighted by molar-refractivity contribution is 5.92. The molecule has 0 saturated carbocycles. The molecule has 0 aliphatic rings. The van der Waals surface area contributed by atoms with E-state index in [1.54, 1.807) is 27.8 Å². The quantitative estimate of drug-likeness (QED) is 0.835. The topological polar surface area (TPSA) is 66.6 Å². The van der Waals surface area contributed by atoms with Gasteiger partial charge in [0, 0.05) is 20.5 Å². The van der Waals surface area contributed by atoms with Crippen molar-refractivity contribution in [1.82, 2.24) is 9.88 Å². The summed E-state index contributed by atoms with van der Waals surface area (Å²) in [6, 6.07) is 0. The van der Waals surface area contributed by atoms with Gasteiger partial charge in [-0.25, -0.2) is 4.98 Å². The van der Waals surface area contributed by atoms with E-state index in [9.17, 15) is 4.79 Å². The lowest BCUT2D eigenvalue weighted by molar-refractivity contribution is 0.0735. The maximum absolute atomic E-state index is 11.9. The molecule has 0 fully saturated rings. The molecule has 0 spiro atoms. The molecule has 1 unspecified atom stereocenters. The van der Waals surface area contributed by atoms with Crippen molar-refractivity contribution in [3.05, 3.63) is 17.3 Å². The molecule has 1 aromatic rings. The molecule has 1 atom stereocenters. The Bertz CT molecular complexity index is 371. The zero-order chi connectivity index (χ0) is 12.3. The van der Waals surface area contributed by atoms with E-state index in [-0.39, 0.29) is 11.7 Å². The first-order valence-electron chi connectivity index (χ1n) is 5.29. The lowest BCUT2D eigenvalue weighted by Gasteiger charge is -2.16. The van der Waals surface area contributed by atoms with Gasteiger partial charge in [-0.05, 0) is 20.3 Å². The van der Waals surface area contributed by atoms with Gasteiger partial charge in [-0.3, -0.25) is 4.79 Å². The van der Waals surface area contributed by atoms with Gasteiger partial charge in [0.25, 0.3) is 5.91 Å². The molecular formula is C11H18N2O3. The lowest BCUT2D eigenvalue weighted by atomic mass is 10.2. The highest BCUT2D eigenvalue weighted by atomic mass is 16.4. The number of amides is 1. The molecule has 0 aliphatic heterocycles. The molecule has 5 heteroatoms. The van der Waals surface area contributed by atoms with Crippen LogP contribution in [-0.4, -0.2) is 40.6 Å². The monoisotopic (exact) mass is 226 g/mol. The van der Waals surface area contributed by atoms with Gasteiger partial charge >= 0.3 is 0 Å². The van der Waals surface area contributed by atoms with Crippen LogP contribution in [0.1, 0.15) is 35.5 Å². The van der Waals surface area contributed by atoms with E-state index < -0.39 is 6.10 Å². The van der Waals surface area contributed by atoms with Crippen LogP contribution in [0.25, 0.3) is 0 Å². The third-order valence-corrected chi connectivity index (χ3v) is 2.33. The molecule has 90 valence electrons. The summed E-state index contributed by atoms with van der Waals surface area (Å²) in [5.74, 6) is 0.578. The Morgan fingerprint density at radius 1 is 1.56 bits per heavy atom. The number of rotatable bonds is 4. The summed E-state index contributed by atoms with van der Waals surface area (Å²) in [6.07, 6.45) is 0.141. The predicted molar refractivity (Wildman–Crippen MR) is 59.2 cm³/mol. The maximum Gasteiger partial charge on any atom is 0.291 e. The van der Waals surface area contributed by atoms with Gasteiger partial charge in [0.2, 0.25) is 5.76 Å². The minimum Gasteiger partial charge on any atom is -0.436 e. The summed E-state index contributed by atoms with van der Waals surface area (Å²) in [6.45, 7) is 5.64. The first kappa shape index (κ1) is 12.7. The Balaban J connectivity index is 2.67. The Morgan fingerprint density at radius 2 is 2.19 bits per heavy atom. The van der Waals surface area contributed by atoms with E-state index >= 15 is 0 Å². The van der Waals surface area contributed by atoms with E-state index in [1.165, 1.54) is 4.90 Å². The fraction of sp³-hybridized carbons (Fsp3) is 0.636. The predicted octanol–water partition coefficient (Wildman–Crippen LogP) is 1.13. The average molecular weight is 226 g/mol. The number of aliphatic hydroxyl groups is 1. The number of carbonyl (C=O) groups is 1. The standard InChI is InChI=1S/C11H18N2O3/c1-7(14)5-6-13(4)11(15)10-8(2)12-9(3)16-10/h7,14H,5-6H2,1-4H3. The van der Waals surface area contributed by atoms with Crippen molar-refractivity contribution >= 4 is 5.91 Å². The number of aliphatic hydroxyl groups excluding tert-OH is 1. The van der Waals surface area contributed by atoms with E-state index in [1.807, 2.05) is 0 Å². The van der Waals surface area contributed by atoms with Crippen LogP contribution in [0.2, 0.25) is 0 Å². The van der Waals surface area contributed by atoms with Crippen molar-refractivity contribution in [2.75, 3.05) is 13.6 Å². The molecule has 0 bridgehead atoms. The van der Waals surface area contributed by atoms with E-state index in [2.05, 4.69) is 4.98 Å². The highest BCUT2D eigenvalue weighted by Gasteiger charge is 2.19. The summed E-state index contributed by atoms with van der Waals surface area (Å²) in [4.78, 5) is 17.5. The van der Waals surface area contributed by atoms with Crippen LogP contribution in [0.5, 0.6) is 0 Å². The number of hydrogen-bond acceptors (Lipinski definition) is 4. The Morgan fingerprint density at radius 3 is 2.62 bits per heavy atom. The van der Waals surface area contributed by atoms with E-state index in [0.717, 1.165) is 0 Å². The number of aryl methyl sites for hydroxylation is 2. The van der Waals surface area contributed by atoms with Gasteiger partial charge in [0.15, 0.2) is 5.89 Å². The number of carbonyl (C=O) groups excluding carboxylic acids is 1. The Hall–Kier alpha value is -1.36. The molecule has 0 aliphatic carbocycles. The van der Waals surface area contributed by atoms with Crippen LogP contribution >= 0.6 is 0 Å². The van der Waals surface area contributed by atoms with Crippen molar-refractivity contribution in [2.45, 2.75) is 33.3 Å². The number of hydrogen-bond donors (Lipinski definition) is 1. The smallest absolute Gasteiger partial charge is 0.291 e. The summed E-state index contributed by atoms with van der Waals surface area (Å²) in [7, 11) is 1.68. The van der Waals surface area contributed by atoms with Gasteiger partial charge in [-0.15, -0.1) is 0 Å². The molecule has 1 rings (SSSR count). The lowest BCUT2D eigenvalue weighted by Crippen LogP contribution is -2.29. The molecule has 0 aromatic carbocycles. The molecule has 16 heavy (non-hydrogen) atoms. The van der Waals surface area contributed by atoms with Crippen LogP contribution in [0, 0.1) is 13.8 Å². The average Bonchev–Trinajstić information content (AvgIpc) is 2.53. The van der Waals surface area contributed by atoms with Gasteiger partial charge < -0.3 is 14.4 Å². The summed E-state index contributed by atoms with van der Waals surface area (Å²) in [5, 5.41) is 9.14. The minimum atomic E-state index is -0.409. The van der Waals surface area contributed by atoms with Crippen LogP contribution < -0.4 is 0 Å². The highest BCUT2D eigenvalue weighted by Crippen LogP contribution is 2.12. The van der Waals surface area contributed by atoms with Crippen molar-refractivity contribution in [3.63, 3.8) is 0 Å². The van der Waals surface area contributed by atoms with Crippen molar-refractivity contribution < 1.29 is 14.3 Å². The first-order chi connectivity index (χ1) is 7.41. The molecular weight excluding hydrogens is 208 g/mol. The largest absolute Gasteiger partial charge is 0.436 e. The van der Waals surface area contributed by atoms with Gasteiger partial charge in [-0.1, -0.05) is 0 Å². The Labute approximate surface area is 95.1 Å². The van der Waals surface area contributed by atoms with Crippen molar-refractivity contribution in [2.24, 2.45) is 0 Å². The molecule has 1 N–H and O–H groups in total. The fourth-order valence-electron chi connectivity index (χ4n) is 1.39. The zero-order valence-electron chi connectivity index (χ0n) is 10.1. The van der Waals surface area contributed by atoms with Crippen LogP contribution in [0.15, 0.2) is 4.42 Å². The first-order valence-corrected chi connectivity index (χ1v) is 5.29. The molecule has 1 heterocycles. The third kappa shape index (κ3) is 3.06. The summed E-state index contributed by atoms with van der Waals surface area (Å²) >= 11 is 0. The van der Waals surface area contributed by atoms with E-state index in [0.29, 0.717) is 24.6 Å². The SMILES string of the molecule is Cc1nc(C)c(C(=O)N(C)CCC(C)O)o1. The zero-order valence-corrected chi connectivity index (χ0v) is 10.1. The molecule has 0 radical (unpaired) electrons. The Kier molecular flexibility index (Phi) is 4.06. The molecule has 1 aromatic heterocycles. The number of nitrogens with zero attached hydrogens (tertiary/aromatic N) is 2. The van der Waals surface area contributed by atoms with E-state index in [4.69, 9.17) is 9.52 Å². The molecule has 0 saturated heterocycles. The number of oxazole rings is 1. The summed E-state index contributed by atoms with van der Waals surface area (Å²) in [5.41, 5.74) is 0.603. The second kappa shape index (κ2) is 5.12. The minimum absolute atomic E-state index is 0.196. The van der Waals surface area contributed by atoms with Gasteiger partial charge in [0.05, 0.1) is 11.8 Å². The molecule has 5 nitrogen and oxygen atoms in total. The normalized spacial score (nSPS) is 12.6. The van der Waals surface area contributed by atoms with Crippen LogP contribution in [0.3, 0.4) is 0 Å². The van der Waals surface area contributed by atoms with Crippen molar-refractivity contribution in [1.29, 1.82) is 0 Å². The third-order valence-electron chi connectivity index (χ3n) is 2.33. The summed E-state index contributed by atoms with van der Waals surface area (Å²) < 4.78 is 5.24. The second-order valence-electron chi connectivity index (χ2n) is 4.01. The van der Waals surface area contributed by atoms with Crippen LogP contribution in [0.4, 0.5) is 0 Å². The van der Waals surface area contributed by atoms with Gasteiger partial charge in [-0.2, -0.15) is 0 Å².